The number of nitrogens with two attached hydrogens (primary N) is 1. The molecule has 2 aromatic rings. The van der Waals surface area contributed by atoms with Crippen molar-refractivity contribution in [2.75, 3.05) is 37.0 Å². The van der Waals surface area contributed by atoms with E-state index in [2.05, 4.69) is 38.7 Å². The monoisotopic (exact) mass is 347 g/mol. The molecule has 1 aromatic carbocycles. The molecule has 0 bridgehead atoms. The molecule has 1 saturated heterocycles. The number of anilines is 1. The first-order chi connectivity index (χ1) is 11.7. The SMILES string of the molecule is Cc1ccccc1-n1c(SCCC(N)=O)nnc1N1CCOCC1. The maximum atomic E-state index is 11.0. The van der Waals surface area contributed by atoms with Crippen LogP contribution in [0.3, 0.4) is 0 Å². The average molecular weight is 347 g/mol. The summed E-state index contributed by atoms with van der Waals surface area (Å²) in [5.74, 6) is 1.09. The number of ether oxygens (including phenoxy) is 1. The van der Waals surface area contributed by atoms with E-state index in [1.807, 2.05) is 12.1 Å². The number of carbonyl (C=O) groups excluding carboxylic acids is 1. The fourth-order valence-corrected chi connectivity index (χ4v) is 3.49. The normalized spacial score (nSPS) is 14.8. The van der Waals surface area contributed by atoms with Crippen LogP contribution in [0.25, 0.3) is 5.69 Å². The van der Waals surface area contributed by atoms with Gasteiger partial charge in [-0.25, -0.2) is 0 Å². The second-order valence-corrected chi connectivity index (χ2v) is 6.63. The first-order valence-electron chi connectivity index (χ1n) is 7.92. The van der Waals surface area contributed by atoms with Gasteiger partial charge in [-0.15, -0.1) is 10.2 Å². The first-order valence-corrected chi connectivity index (χ1v) is 8.90. The van der Waals surface area contributed by atoms with E-state index in [-0.39, 0.29) is 5.91 Å². The van der Waals surface area contributed by atoms with Crippen molar-refractivity contribution in [1.29, 1.82) is 0 Å². The molecule has 1 amide bonds. The van der Waals surface area contributed by atoms with Gasteiger partial charge in [0.1, 0.15) is 0 Å². The molecule has 128 valence electrons. The fraction of sp³-hybridized carbons (Fsp3) is 0.438. The summed E-state index contributed by atoms with van der Waals surface area (Å²) < 4.78 is 7.49. The van der Waals surface area contributed by atoms with Crippen LogP contribution in [0, 0.1) is 6.92 Å². The van der Waals surface area contributed by atoms with Gasteiger partial charge in [0.25, 0.3) is 0 Å². The zero-order chi connectivity index (χ0) is 16.9. The minimum Gasteiger partial charge on any atom is -0.378 e. The minimum atomic E-state index is -0.308. The van der Waals surface area contributed by atoms with Gasteiger partial charge >= 0.3 is 0 Å². The Morgan fingerprint density at radius 2 is 2.04 bits per heavy atom. The van der Waals surface area contributed by atoms with Crippen molar-refractivity contribution in [3.8, 4) is 5.69 Å². The molecule has 0 aliphatic carbocycles. The molecular weight excluding hydrogens is 326 g/mol. The molecule has 0 spiro atoms. The lowest BCUT2D eigenvalue weighted by atomic mass is 10.2. The van der Waals surface area contributed by atoms with Gasteiger partial charge in [-0.2, -0.15) is 0 Å². The Morgan fingerprint density at radius 3 is 2.75 bits per heavy atom. The van der Waals surface area contributed by atoms with E-state index in [0.29, 0.717) is 25.4 Å². The molecule has 0 saturated carbocycles. The molecule has 8 heteroatoms. The smallest absolute Gasteiger partial charge is 0.232 e. The third kappa shape index (κ3) is 3.70. The lowest BCUT2D eigenvalue weighted by Crippen LogP contribution is -2.38. The maximum Gasteiger partial charge on any atom is 0.232 e. The molecule has 1 fully saturated rings. The van der Waals surface area contributed by atoms with Crippen LogP contribution < -0.4 is 10.6 Å². The van der Waals surface area contributed by atoms with Crippen LogP contribution in [0.4, 0.5) is 5.95 Å². The van der Waals surface area contributed by atoms with E-state index in [4.69, 9.17) is 10.5 Å². The number of nitrogens with zero attached hydrogens (tertiary/aromatic N) is 4. The Labute approximate surface area is 145 Å². The molecule has 2 N–H and O–H groups in total. The van der Waals surface area contributed by atoms with E-state index in [1.165, 1.54) is 11.8 Å². The second kappa shape index (κ2) is 7.67. The van der Waals surface area contributed by atoms with Gasteiger partial charge in [-0.3, -0.25) is 9.36 Å². The fourth-order valence-electron chi connectivity index (χ4n) is 2.59. The van der Waals surface area contributed by atoms with E-state index in [1.54, 1.807) is 0 Å². The molecule has 2 heterocycles. The number of hydrogen-bond donors (Lipinski definition) is 1. The highest BCUT2D eigenvalue weighted by atomic mass is 32.2. The molecule has 1 aliphatic rings. The van der Waals surface area contributed by atoms with Crippen LogP contribution in [0.1, 0.15) is 12.0 Å². The molecule has 7 nitrogen and oxygen atoms in total. The third-order valence-electron chi connectivity index (χ3n) is 3.85. The first kappa shape index (κ1) is 16.8. The van der Waals surface area contributed by atoms with Crippen LogP contribution in [0.2, 0.25) is 0 Å². The predicted octanol–water partition coefficient (Wildman–Crippen LogP) is 1.38. The lowest BCUT2D eigenvalue weighted by molar-refractivity contribution is -0.117. The van der Waals surface area contributed by atoms with Gasteiger partial charge in [-0.1, -0.05) is 30.0 Å². The summed E-state index contributed by atoms with van der Waals surface area (Å²) in [6.07, 6.45) is 0.318. The Kier molecular flexibility index (Phi) is 5.37. The van der Waals surface area contributed by atoms with Gasteiger partial charge in [-0.05, 0) is 18.6 Å². The minimum absolute atomic E-state index is 0.308. The van der Waals surface area contributed by atoms with Gasteiger partial charge in [0.05, 0.1) is 18.9 Å². The van der Waals surface area contributed by atoms with Crippen molar-refractivity contribution in [2.45, 2.75) is 18.5 Å². The maximum absolute atomic E-state index is 11.0. The predicted molar refractivity (Wildman–Crippen MR) is 93.7 cm³/mol. The van der Waals surface area contributed by atoms with Crippen molar-refractivity contribution in [3.05, 3.63) is 29.8 Å². The average Bonchev–Trinajstić information content (AvgIpc) is 2.99. The number of aryl methyl sites for hydroxylation is 1. The molecule has 1 aliphatic heterocycles. The van der Waals surface area contributed by atoms with Crippen molar-refractivity contribution in [3.63, 3.8) is 0 Å². The summed E-state index contributed by atoms with van der Waals surface area (Å²) in [5, 5.41) is 9.52. The highest BCUT2D eigenvalue weighted by Gasteiger charge is 2.22. The van der Waals surface area contributed by atoms with E-state index >= 15 is 0 Å². The summed E-state index contributed by atoms with van der Waals surface area (Å²) >= 11 is 1.49. The van der Waals surface area contributed by atoms with Crippen LogP contribution in [0.5, 0.6) is 0 Å². The van der Waals surface area contributed by atoms with E-state index in [9.17, 15) is 4.79 Å². The van der Waals surface area contributed by atoms with Gasteiger partial charge < -0.3 is 15.4 Å². The lowest BCUT2D eigenvalue weighted by Gasteiger charge is -2.28. The molecule has 0 atom stereocenters. The number of para-hydroxylation sites is 1. The summed E-state index contributed by atoms with van der Waals surface area (Å²) in [7, 11) is 0. The number of carbonyl (C=O) groups is 1. The summed E-state index contributed by atoms with van der Waals surface area (Å²) in [6, 6.07) is 8.14. The molecule has 1 aromatic heterocycles. The number of hydrogen-bond acceptors (Lipinski definition) is 6. The molecule has 24 heavy (non-hydrogen) atoms. The Hall–Kier alpha value is -2.06. The zero-order valence-corrected chi connectivity index (χ0v) is 14.5. The van der Waals surface area contributed by atoms with Crippen LogP contribution >= 0.6 is 11.8 Å². The number of thioether (sulfide) groups is 1. The molecule has 0 radical (unpaired) electrons. The highest BCUT2D eigenvalue weighted by molar-refractivity contribution is 7.99. The number of benzene rings is 1. The van der Waals surface area contributed by atoms with Gasteiger partial charge in [0.2, 0.25) is 11.9 Å². The zero-order valence-electron chi connectivity index (χ0n) is 13.6. The Balaban J connectivity index is 1.95. The van der Waals surface area contributed by atoms with Crippen molar-refractivity contribution in [2.24, 2.45) is 5.73 Å². The standard InChI is InChI=1S/C16H21N5O2S/c1-12-4-2-3-5-13(12)21-15(20-7-9-23-10-8-20)18-19-16(21)24-11-6-14(17)22/h2-5H,6-11H2,1H3,(H2,17,22). The van der Waals surface area contributed by atoms with Crippen LogP contribution in [-0.2, 0) is 9.53 Å². The largest absolute Gasteiger partial charge is 0.378 e. The molecule has 0 unspecified atom stereocenters. The number of morpholine rings is 1. The quantitative estimate of drug-likeness (QED) is 0.795. The van der Waals surface area contributed by atoms with Crippen LogP contribution in [-0.4, -0.2) is 52.7 Å². The Morgan fingerprint density at radius 1 is 1.29 bits per heavy atom. The van der Waals surface area contributed by atoms with E-state index < -0.39 is 0 Å². The highest BCUT2D eigenvalue weighted by Crippen LogP contribution is 2.29. The van der Waals surface area contributed by atoms with Crippen molar-refractivity contribution >= 4 is 23.6 Å². The summed E-state index contributed by atoms with van der Waals surface area (Å²) in [5.41, 5.74) is 7.42. The summed E-state index contributed by atoms with van der Waals surface area (Å²) in [6.45, 7) is 5.01. The molecule has 3 rings (SSSR count). The van der Waals surface area contributed by atoms with Crippen molar-refractivity contribution in [1.82, 2.24) is 14.8 Å². The van der Waals surface area contributed by atoms with Gasteiger partial charge in [0, 0.05) is 25.3 Å². The topological polar surface area (TPSA) is 86.3 Å². The third-order valence-corrected chi connectivity index (χ3v) is 4.78. The number of primary amides is 1. The van der Waals surface area contributed by atoms with Crippen molar-refractivity contribution < 1.29 is 9.53 Å². The number of rotatable bonds is 6. The Bertz CT molecular complexity index is 712. The number of amides is 1. The second-order valence-electron chi connectivity index (χ2n) is 5.57. The molecular formula is C16H21N5O2S. The summed E-state index contributed by atoms with van der Waals surface area (Å²) in [4.78, 5) is 13.2. The van der Waals surface area contributed by atoms with E-state index in [0.717, 1.165) is 35.4 Å². The number of aromatic nitrogens is 3. The van der Waals surface area contributed by atoms with Gasteiger partial charge in [0.15, 0.2) is 5.16 Å². The van der Waals surface area contributed by atoms with Crippen LogP contribution in [0.15, 0.2) is 29.4 Å².